The van der Waals surface area contributed by atoms with Gasteiger partial charge < -0.3 is 4.90 Å². The van der Waals surface area contributed by atoms with Gasteiger partial charge in [-0.3, -0.25) is 10.00 Å². The van der Waals surface area contributed by atoms with Crippen molar-refractivity contribution >= 4 is 5.69 Å². The predicted molar refractivity (Wildman–Crippen MR) is 77.3 cm³/mol. The Labute approximate surface area is 118 Å². The van der Waals surface area contributed by atoms with E-state index in [1.165, 1.54) is 17.7 Å². The van der Waals surface area contributed by atoms with Gasteiger partial charge in [-0.25, -0.2) is 4.39 Å². The van der Waals surface area contributed by atoms with Crippen LogP contribution in [0.2, 0.25) is 0 Å². The molecular weight excluding hydrogens is 255 g/mol. The number of anilines is 1. The molecule has 0 bridgehead atoms. The van der Waals surface area contributed by atoms with Gasteiger partial charge in [-0.2, -0.15) is 5.10 Å². The van der Waals surface area contributed by atoms with E-state index in [1.807, 2.05) is 24.5 Å². The molecule has 0 aliphatic carbocycles. The van der Waals surface area contributed by atoms with Crippen molar-refractivity contribution in [1.82, 2.24) is 15.1 Å². The van der Waals surface area contributed by atoms with Crippen LogP contribution in [0, 0.1) is 5.82 Å². The molecule has 1 saturated heterocycles. The van der Waals surface area contributed by atoms with Gasteiger partial charge in [-0.1, -0.05) is 0 Å². The van der Waals surface area contributed by atoms with E-state index in [2.05, 4.69) is 20.0 Å². The fourth-order valence-electron chi connectivity index (χ4n) is 2.58. The molecule has 0 unspecified atom stereocenters. The lowest BCUT2D eigenvalue weighted by atomic mass is 10.2. The Morgan fingerprint density at radius 1 is 1.10 bits per heavy atom. The maximum Gasteiger partial charge on any atom is 0.123 e. The van der Waals surface area contributed by atoms with Crippen molar-refractivity contribution in [3.05, 3.63) is 48.0 Å². The lowest BCUT2D eigenvalue weighted by Crippen LogP contribution is -2.46. The van der Waals surface area contributed by atoms with Crippen molar-refractivity contribution in [2.24, 2.45) is 0 Å². The third kappa shape index (κ3) is 3.17. The number of benzene rings is 1. The number of hydrogen-bond donors (Lipinski definition) is 1. The molecule has 3 rings (SSSR count). The summed E-state index contributed by atoms with van der Waals surface area (Å²) >= 11 is 0. The third-order valence-corrected chi connectivity index (χ3v) is 3.84. The second kappa shape index (κ2) is 6.05. The highest BCUT2D eigenvalue weighted by Gasteiger charge is 2.16. The van der Waals surface area contributed by atoms with Crippen LogP contribution in [-0.4, -0.2) is 47.8 Å². The largest absolute Gasteiger partial charge is 0.369 e. The summed E-state index contributed by atoms with van der Waals surface area (Å²) in [5.41, 5.74) is 2.37. The van der Waals surface area contributed by atoms with E-state index < -0.39 is 0 Å². The number of rotatable bonds is 4. The summed E-state index contributed by atoms with van der Waals surface area (Å²) in [7, 11) is 0. The number of nitrogens with one attached hydrogen (secondary N) is 1. The fourth-order valence-corrected chi connectivity index (χ4v) is 2.58. The quantitative estimate of drug-likeness (QED) is 0.925. The van der Waals surface area contributed by atoms with Gasteiger partial charge in [0, 0.05) is 44.6 Å². The molecule has 2 heterocycles. The van der Waals surface area contributed by atoms with Gasteiger partial charge in [0.25, 0.3) is 0 Å². The molecule has 1 aliphatic heterocycles. The molecule has 0 spiro atoms. The van der Waals surface area contributed by atoms with Crippen LogP contribution in [0.1, 0.15) is 5.56 Å². The average Bonchev–Trinajstić information content (AvgIpc) is 3.00. The van der Waals surface area contributed by atoms with Crippen LogP contribution in [0.15, 0.2) is 36.7 Å². The summed E-state index contributed by atoms with van der Waals surface area (Å²) in [5, 5.41) is 6.81. The molecule has 0 radical (unpaired) electrons. The zero-order chi connectivity index (χ0) is 13.8. The molecular formula is C15H19FN4. The van der Waals surface area contributed by atoms with Gasteiger partial charge >= 0.3 is 0 Å². The molecule has 2 aromatic rings. The van der Waals surface area contributed by atoms with Crippen LogP contribution in [0.4, 0.5) is 10.1 Å². The van der Waals surface area contributed by atoms with E-state index in [0.29, 0.717) is 0 Å². The monoisotopic (exact) mass is 274 g/mol. The first-order valence-electron chi connectivity index (χ1n) is 7.02. The Kier molecular flexibility index (Phi) is 3.97. The highest BCUT2D eigenvalue weighted by atomic mass is 19.1. The first-order chi connectivity index (χ1) is 9.81. The molecule has 4 nitrogen and oxygen atoms in total. The second-order valence-corrected chi connectivity index (χ2v) is 5.16. The Morgan fingerprint density at radius 2 is 1.85 bits per heavy atom. The summed E-state index contributed by atoms with van der Waals surface area (Å²) < 4.78 is 12.9. The maximum absolute atomic E-state index is 12.9. The van der Waals surface area contributed by atoms with Crippen molar-refractivity contribution in [3.8, 4) is 0 Å². The summed E-state index contributed by atoms with van der Waals surface area (Å²) in [5.74, 6) is -0.174. The highest BCUT2D eigenvalue weighted by Crippen LogP contribution is 2.17. The second-order valence-electron chi connectivity index (χ2n) is 5.16. The Balaban J connectivity index is 1.48. The number of nitrogens with zero attached hydrogens (tertiary/aromatic N) is 3. The topological polar surface area (TPSA) is 35.2 Å². The smallest absolute Gasteiger partial charge is 0.123 e. The van der Waals surface area contributed by atoms with E-state index in [1.54, 1.807) is 0 Å². The van der Waals surface area contributed by atoms with Crippen molar-refractivity contribution in [1.29, 1.82) is 0 Å². The minimum absolute atomic E-state index is 0.174. The lowest BCUT2D eigenvalue weighted by Gasteiger charge is -2.36. The number of halogens is 1. The summed E-state index contributed by atoms with van der Waals surface area (Å²) in [6, 6.07) is 6.77. The minimum atomic E-state index is -0.174. The van der Waals surface area contributed by atoms with E-state index in [-0.39, 0.29) is 5.82 Å². The van der Waals surface area contributed by atoms with Crippen molar-refractivity contribution in [3.63, 3.8) is 0 Å². The Hall–Kier alpha value is -1.88. The summed E-state index contributed by atoms with van der Waals surface area (Å²) in [6.45, 7) is 5.16. The number of aromatic amines is 1. The van der Waals surface area contributed by atoms with Crippen molar-refractivity contribution in [2.45, 2.75) is 6.42 Å². The van der Waals surface area contributed by atoms with Gasteiger partial charge in [0.05, 0.1) is 6.20 Å². The minimum Gasteiger partial charge on any atom is -0.369 e. The van der Waals surface area contributed by atoms with Gasteiger partial charge in [0.1, 0.15) is 5.82 Å². The van der Waals surface area contributed by atoms with E-state index >= 15 is 0 Å². The molecule has 1 aliphatic rings. The van der Waals surface area contributed by atoms with Crippen LogP contribution in [0.3, 0.4) is 0 Å². The molecule has 0 atom stereocenters. The SMILES string of the molecule is Fc1ccc(N2CCN(CCc3cn[nH]c3)CC2)cc1. The average molecular weight is 274 g/mol. The molecule has 0 saturated carbocycles. The first-order valence-corrected chi connectivity index (χ1v) is 7.02. The van der Waals surface area contributed by atoms with Gasteiger partial charge in [-0.05, 0) is 36.2 Å². The van der Waals surface area contributed by atoms with Crippen LogP contribution >= 0.6 is 0 Å². The van der Waals surface area contributed by atoms with Gasteiger partial charge in [0.2, 0.25) is 0 Å². The number of piperazine rings is 1. The number of H-pyrrole nitrogens is 1. The number of aromatic nitrogens is 2. The highest BCUT2D eigenvalue weighted by molar-refractivity contribution is 5.46. The standard InChI is InChI=1S/C15H19FN4/c16-14-1-3-15(4-2-14)20-9-7-19(8-10-20)6-5-13-11-17-18-12-13/h1-4,11-12H,5-10H2,(H,17,18). The van der Waals surface area contributed by atoms with E-state index in [4.69, 9.17) is 0 Å². The van der Waals surface area contributed by atoms with Crippen LogP contribution < -0.4 is 4.90 Å². The zero-order valence-corrected chi connectivity index (χ0v) is 11.4. The molecule has 1 aromatic heterocycles. The molecule has 5 heteroatoms. The first kappa shape index (κ1) is 13.1. The third-order valence-electron chi connectivity index (χ3n) is 3.84. The van der Waals surface area contributed by atoms with Crippen molar-refractivity contribution in [2.75, 3.05) is 37.6 Å². The molecule has 1 aromatic carbocycles. The van der Waals surface area contributed by atoms with E-state index in [0.717, 1.165) is 44.8 Å². The fraction of sp³-hybridized carbons (Fsp3) is 0.400. The Bertz CT molecular complexity index is 515. The van der Waals surface area contributed by atoms with Crippen molar-refractivity contribution < 1.29 is 4.39 Å². The Morgan fingerprint density at radius 3 is 2.50 bits per heavy atom. The molecule has 20 heavy (non-hydrogen) atoms. The number of hydrogen-bond acceptors (Lipinski definition) is 3. The lowest BCUT2D eigenvalue weighted by molar-refractivity contribution is 0.261. The zero-order valence-electron chi connectivity index (χ0n) is 11.4. The van der Waals surface area contributed by atoms with Crippen LogP contribution in [0.5, 0.6) is 0 Å². The summed E-state index contributed by atoms with van der Waals surface area (Å²) in [6.07, 6.45) is 4.87. The van der Waals surface area contributed by atoms with Gasteiger partial charge in [0.15, 0.2) is 0 Å². The van der Waals surface area contributed by atoms with Crippen LogP contribution in [-0.2, 0) is 6.42 Å². The molecule has 0 amide bonds. The summed E-state index contributed by atoms with van der Waals surface area (Å²) in [4.78, 5) is 4.78. The van der Waals surface area contributed by atoms with E-state index in [9.17, 15) is 4.39 Å². The predicted octanol–water partition coefficient (Wildman–Crippen LogP) is 1.91. The molecule has 1 fully saturated rings. The van der Waals surface area contributed by atoms with Gasteiger partial charge in [-0.15, -0.1) is 0 Å². The normalized spacial score (nSPS) is 16.6. The maximum atomic E-state index is 12.9. The molecule has 1 N–H and O–H groups in total. The van der Waals surface area contributed by atoms with Crippen LogP contribution in [0.25, 0.3) is 0 Å². The molecule has 106 valence electrons.